The lowest BCUT2D eigenvalue weighted by molar-refractivity contribution is -0.147. The normalized spacial score (nSPS) is 19.6. The molecule has 1 aromatic rings. The number of nitrogens with zero attached hydrogens (tertiary/aromatic N) is 2. The Kier molecular flexibility index (Phi) is 3.78. The van der Waals surface area contributed by atoms with E-state index >= 15 is 0 Å². The first-order chi connectivity index (χ1) is 8.68. The van der Waals surface area contributed by atoms with Gasteiger partial charge in [-0.15, -0.1) is 0 Å². The van der Waals surface area contributed by atoms with Crippen LogP contribution in [0.2, 0.25) is 0 Å². The van der Waals surface area contributed by atoms with E-state index in [9.17, 15) is 9.59 Å². The van der Waals surface area contributed by atoms with E-state index in [1.54, 1.807) is 12.4 Å². The third-order valence-corrected chi connectivity index (χ3v) is 2.67. The molecule has 0 saturated carbocycles. The van der Waals surface area contributed by atoms with Gasteiger partial charge in [-0.25, -0.2) is 9.59 Å². The molecule has 1 aliphatic rings. The van der Waals surface area contributed by atoms with Crippen LogP contribution in [0.4, 0.5) is 4.79 Å². The minimum atomic E-state index is -1.06. The number of amides is 2. The van der Waals surface area contributed by atoms with Gasteiger partial charge in [0.05, 0.1) is 19.4 Å². The van der Waals surface area contributed by atoms with Gasteiger partial charge in [0, 0.05) is 24.8 Å². The predicted octanol–water partition coefficient (Wildman–Crippen LogP) is -0.595. The van der Waals surface area contributed by atoms with E-state index in [1.807, 2.05) is 0 Å². The molecule has 98 valence electrons. The van der Waals surface area contributed by atoms with E-state index < -0.39 is 18.0 Å². The van der Waals surface area contributed by atoms with Crippen molar-refractivity contribution in [3.8, 4) is 0 Å². The Morgan fingerprint density at radius 2 is 2.50 bits per heavy atom. The van der Waals surface area contributed by atoms with Crippen molar-refractivity contribution in [2.24, 2.45) is 0 Å². The molecule has 0 spiro atoms. The summed E-state index contributed by atoms with van der Waals surface area (Å²) in [5.41, 5.74) is 0.823. The van der Waals surface area contributed by atoms with E-state index in [1.165, 1.54) is 4.90 Å². The molecule has 3 N–H and O–H groups in total. The van der Waals surface area contributed by atoms with E-state index in [-0.39, 0.29) is 13.2 Å². The van der Waals surface area contributed by atoms with Gasteiger partial charge >= 0.3 is 12.0 Å². The number of carbonyl (C=O) groups excluding carboxylic acids is 1. The SMILES string of the molecule is O=C(O)C1COCCN1C(=O)NCc1cn[nH]c1. The molecule has 0 aromatic carbocycles. The summed E-state index contributed by atoms with van der Waals surface area (Å²) in [4.78, 5) is 24.1. The second kappa shape index (κ2) is 5.50. The van der Waals surface area contributed by atoms with Crippen LogP contribution in [-0.4, -0.2) is 58.0 Å². The van der Waals surface area contributed by atoms with Crippen molar-refractivity contribution in [1.29, 1.82) is 0 Å². The second-order valence-electron chi connectivity index (χ2n) is 3.89. The van der Waals surface area contributed by atoms with Crippen molar-refractivity contribution < 1.29 is 19.4 Å². The molecule has 1 aromatic heterocycles. The van der Waals surface area contributed by atoms with Crippen molar-refractivity contribution in [1.82, 2.24) is 20.4 Å². The lowest BCUT2D eigenvalue weighted by Crippen LogP contribution is -2.55. The van der Waals surface area contributed by atoms with Gasteiger partial charge in [0.1, 0.15) is 0 Å². The average molecular weight is 254 g/mol. The fraction of sp³-hybridized carbons (Fsp3) is 0.500. The molecule has 2 rings (SSSR count). The van der Waals surface area contributed by atoms with Crippen molar-refractivity contribution in [3.63, 3.8) is 0 Å². The zero-order valence-corrected chi connectivity index (χ0v) is 9.63. The number of aromatic nitrogens is 2. The number of urea groups is 1. The molecule has 0 radical (unpaired) electrons. The number of aromatic amines is 1. The molecule has 18 heavy (non-hydrogen) atoms. The van der Waals surface area contributed by atoms with Gasteiger partial charge < -0.3 is 20.1 Å². The van der Waals surface area contributed by atoms with Gasteiger partial charge in [0.25, 0.3) is 0 Å². The van der Waals surface area contributed by atoms with Gasteiger partial charge in [-0.2, -0.15) is 5.10 Å². The zero-order chi connectivity index (χ0) is 13.0. The van der Waals surface area contributed by atoms with Crippen LogP contribution in [0, 0.1) is 0 Å². The summed E-state index contributed by atoms with van der Waals surface area (Å²) < 4.78 is 5.06. The van der Waals surface area contributed by atoms with Crippen LogP contribution in [0.25, 0.3) is 0 Å². The Bertz CT molecular complexity index is 420. The summed E-state index contributed by atoms with van der Waals surface area (Å²) >= 11 is 0. The number of carbonyl (C=O) groups is 2. The topological polar surface area (TPSA) is 108 Å². The number of hydrogen-bond acceptors (Lipinski definition) is 4. The third kappa shape index (κ3) is 2.77. The highest BCUT2D eigenvalue weighted by atomic mass is 16.5. The quantitative estimate of drug-likeness (QED) is 0.668. The third-order valence-electron chi connectivity index (χ3n) is 2.67. The van der Waals surface area contributed by atoms with E-state index in [0.717, 1.165) is 5.56 Å². The lowest BCUT2D eigenvalue weighted by atomic mass is 10.2. The van der Waals surface area contributed by atoms with E-state index in [2.05, 4.69) is 15.5 Å². The maximum atomic E-state index is 11.9. The van der Waals surface area contributed by atoms with Crippen molar-refractivity contribution in [2.45, 2.75) is 12.6 Å². The summed E-state index contributed by atoms with van der Waals surface area (Å²) in [7, 11) is 0. The van der Waals surface area contributed by atoms with Crippen LogP contribution in [0.5, 0.6) is 0 Å². The highest BCUT2D eigenvalue weighted by Crippen LogP contribution is 2.07. The van der Waals surface area contributed by atoms with Crippen molar-refractivity contribution in [2.75, 3.05) is 19.8 Å². The first-order valence-electron chi connectivity index (χ1n) is 5.51. The number of rotatable bonds is 3. The number of ether oxygens (including phenoxy) is 1. The molecule has 8 heteroatoms. The number of aliphatic carboxylic acids is 1. The highest BCUT2D eigenvalue weighted by Gasteiger charge is 2.32. The molecule has 0 bridgehead atoms. The Labute approximate surface area is 103 Å². The summed E-state index contributed by atoms with van der Waals surface area (Å²) in [6, 6.07) is -1.34. The molecule has 1 atom stereocenters. The minimum absolute atomic E-state index is 0.0223. The molecule has 2 heterocycles. The van der Waals surface area contributed by atoms with Gasteiger partial charge in [0.2, 0.25) is 0 Å². The molecule has 1 aliphatic heterocycles. The molecular formula is C10H14N4O4. The fourth-order valence-corrected chi connectivity index (χ4v) is 1.70. The number of nitrogens with one attached hydrogen (secondary N) is 2. The fourth-order valence-electron chi connectivity index (χ4n) is 1.70. The largest absolute Gasteiger partial charge is 0.480 e. The molecule has 8 nitrogen and oxygen atoms in total. The van der Waals surface area contributed by atoms with Crippen LogP contribution < -0.4 is 5.32 Å². The van der Waals surface area contributed by atoms with Crippen LogP contribution in [0.1, 0.15) is 5.56 Å². The maximum absolute atomic E-state index is 11.9. The van der Waals surface area contributed by atoms with Crippen LogP contribution in [0.15, 0.2) is 12.4 Å². The Morgan fingerprint density at radius 3 is 3.17 bits per heavy atom. The standard InChI is InChI=1S/C10H14N4O4/c15-9(16)8-6-18-2-1-14(8)10(17)11-3-7-4-12-13-5-7/h4-5,8H,1-3,6H2,(H,11,17)(H,12,13)(H,15,16). The summed E-state index contributed by atoms with van der Waals surface area (Å²) in [6.07, 6.45) is 3.25. The number of carboxylic acids is 1. The number of hydrogen-bond donors (Lipinski definition) is 3. The average Bonchev–Trinajstić information content (AvgIpc) is 2.89. The first kappa shape index (κ1) is 12.4. The molecule has 1 unspecified atom stereocenters. The monoisotopic (exact) mass is 254 g/mol. The van der Waals surface area contributed by atoms with Gasteiger partial charge in [-0.1, -0.05) is 0 Å². The lowest BCUT2D eigenvalue weighted by Gasteiger charge is -2.32. The number of carboxylic acid groups (broad SMARTS) is 1. The first-order valence-corrected chi connectivity index (χ1v) is 5.51. The summed E-state index contributed by atoms with van der Waals surface area (Å²) in [5.74, 6) is -1.06. The molecule has 1 fully saturated rings. The Morgan fingerprint density at radius 1 is 1.67 bits per heavy atom. The predicted molar refractivity (Wildman–Crippen MR) is 59.8 cm³/mol. The van der Waals surface area contributed by atoms with Crippen molar-refractivity contribution >= 4 is 12.0 Å². The Hall–Kier alpha value is -2.09. The number of morpholine rings is 1. The highest BCUT2D eigenvalue weighted by molar-refractivity contribution is 5.82. The molecule has 0 aliphatic carbocycles. The Balaban J connectivity index is 1.92. The minimum Gasteiger partial charge on any atom is -0.480 e. The number of H-pyrrole nitrogens is 1. The van der Waals surface area contributed by atoms with Gasteiger partial charge in [-0.05, 0) is 0 Å². The van der Waals surface area contributed by atoms with Crippen LogP contribution in [-0.2, 0) is 16.1 Å². The van der Waals surface area contributed by atoms with Gasteiger partial charge in [-0.3, -0.25) is 5.10 Å². The maximum Gasteiger partial charge on any atom is 0.328 e. The van der Waals surface area contributed by atoms with Crippen LogP contribution in [0.3, 0.4) is 0 Å². The molecular weight excluding hydrogens is 240 g/mol. The zero-order valence-electron chi connectivity index (χ0n) is 9.63. The van der Waals surface area contributed by atoms with E-state index in [4.69, 9.17) is 9.84 Å². The second-order valence-corrected chi connectivity index (χ2v) is 3.89. The smallest absolute Gasteiger partial charge is 0.328 e. The van der Waals surface area contributed by atoms with Crippen LogP contribution >= 0.6 is 0 Å². The summed E-state index contributed by atoms with van der Waals surface area (Å²) in [5, 5.41) is 18.0. The molecule has 1 saturated heterocycles. The van der Waals surface area contributed by atoms with Gasteiger partial charge in [0.15, 0.2) is 6.04 Å². The van der Waals surface area contributed by atoms with E-state index in [0.29, 0.717) is 13.2 Å². The van der Waals surface area contributed by atoms with Crippen molar-refractivity contribution in [3.05, 3.63) is 18.0 Å². The molecule has 2 amide bonds. The summed E-state index contributed by atoms with van der Waals surface area (Å²) in [6.45, 7) is 0.949.